The van der Waals surface area contributed by atoms with Gasteiger partial charge < -0.3 is 10.1 Å². The molecule has 23 heavy (non-hydrogen) atoms. The van der Waals surface area contributed by atoms with Gasteiger partial charge in [-0.15, -0.1) is 0 Å². The summed E-state index contributed by atoms with van der Waals surface area (Å²) in [6.45, 7) is 6.54. The zero-order chi connectivity index (χ0) is 16.7. The van der Waals surface area contributed by atoms with Crippen LogP contribution in [0.1, 0.15) is 30.0 Å². The van der Waals surface area contributed by atoms with Crippen molar-refractivity contribution in [1.29, 1.82) is 0 Å². The lowest BCUT2D eigenvalue weighted by atomic mass is 10.1. The maximum absolute atomic E-state index is 12.0. The van der Waals surface area contributed by atoms with Gasteiger partial charge in [0.05, 0.1) is 0 Å². The van der Waals surface area contributed by atoms with Crippen molar-refractivity contribution in [2.24, 2.45) is 0 Å². The van der Waals surface area contributed by atoms with Gasteiger partial charge in [0.1, 0.15) is 5.75 Å². The van der Waals surface area contributed by atoms with Crippen LogP contribution in [0.15, 0.2) is 48.5 Å². The Balaban J connectivity index is 1.69. The lowest BCUT2D eigenvalue weighted by Gasteiger charge is -2.15. The van der Waals surface area contributed by atoms with Crippen LogP contribution in [0.2, 0.25) is 0 Å². The molecule has 1 amide bonds. The smallest absolute Gasteiger partial charge is 0.260 e. The number of rotatable bonds is 7. The molecule has 122 valence electrons. The number of aryl methyl sites for hydroxylation is 3. The van der Waals surface area contributed by atoms with Gasteiger partial charge in [-0.1, -0.05) is 47.5 Å². The van der Waals surface area contributed by atoms with E-state index < -0.39 is 6.10 Å². The summed E-state index contributed by atoms with van der Waals surface area (Å²) in [6, 6.07) is 16.2. The van der Waals surface area contributed by atoms with Gasteiger partial charge in [-0.3, -0.25) is 4.79 Å². The quantitative estimate of drug-likeness (QED) is 0.789. The van der Waals surface area contributed by atoms with Crippen LogP contribution in [0.4, 0.5) is 0 Å². The Labute approximate surface area is 138 Å². The van der Waals surface area contributed by atoms with E-state index >= 15 is 0 Å². The summed E-state index contributed by atoms with van der Waals surface area (Å²) < 4.78 is 5.65. The number of carbonyl (C=O) groups excluding carboxylic acids is 1. The first-order valence-electron chi connectivity index (χ1n) is 8.11. The molecule has 0 aliphatic carbocycles. The fraction of sp³-hybridized carbons (Fsp3) is 0.350. The van der Waals surface area contributed by atoms with E-state index in [1.54, 1.807) is 6.92 Å². The highest BCUT2D eigenvalue weighted by Crippen LogP contribution is 2.13. The molecular weight excluding hydrogens is 286 g/mol. The summed E-state index contributed by atoms with van der Waals surface area (Å²) in [5.74, 6) is 0.646. The van der Waals surface area contributed by atoms with Crippen LogP contribution >= 0.6 is 0 Å². The van der Waals surface area contributed by atoms with Crippen molar-refractivity contribution in [3.63, 3.8) is 0 Å². The Bertz CT molecular complexity index is 617. The van der Waals surface area contributed by atoms with E-state index in [-0.39, 0.29) is 5.91 Å². The molecule has 1 atom stereocenters. The van der Waals surface area contributed by atoms with Crippen LogP contribution in [-0.4, -0.2) is 18.6 Å². The first kappa shape index (κ1) is 17.1. The van der Waals surface area contributed by atoms with Crippen LogP contribution < -0.4 is 10.1 Å². The highest BCUT2D eigenvalue weighted by atomic mass is 16.5. The topological polar surface area (TPSA) is 38.3 Å². The van der Waals surface area contributed by atoms with Gasteiger partial charge >= 0.3 is 0 Å². The van der Waals surface area contributed by atoms with E-state index in [0.29, 0.717) is 6.54 Å². The summed E-state index contributed by atoms with van der Waals surface area (Å²) in [4.78, 5) is 12.0. The molecule has 0 radical (unpaired) electrons. The largest absolute Gasteiger partial charge is 0.481 e. The first-order chi connectivity index (χ1) is 11.0. The third-order valence-electron chi connectivity index (χ3n) is 3.77. The maximum atomic E-state index is 12.0. The lowest BCUT2D eigenvalue weighted by Crippen LogP contribution is -2.36. The van der Waals surface area contributed by atoms with Gasteiger partial charge in [0.2, 0.25) is 0 Å². The molecule has 2 aromatic carbocycles. The number of benzene rings is 2. The van der Waals surface area contributed by atoms with Crippen molar-refractivity contribution < 1.29 is 9.53 Å². The minimum absolute atomic E-state index is 0.0746. The molecule has 3 nitrogen and oxygen atoms in total. The molecule has 0 aliphatic heterocycles. The van der Waals surface area contributed by atoms with Crippen LogP contribution in [0.25, 0.3) is 0 Å². The molecular formula is C20H25NO2. The standard InChI is InChI=1S/C20H25NO2/c1-15-6-10-18(11-7-15)5-4-14-21-20(22)17(3)23-19-12-8-16(2)9-13-19/h6-13,17H,4-5,14H2,1-3H3,(H,21,22)/t17-/m1/s1. The summed E-state index contributed by atoms with van der Waals surface area (Å²) in [6.07, 6.45) is 1.40. The molecule has 0 heterocycles. The van der Waals surface area contributed by atoms with Crippen LogP contribution in [0.5, 0.6) is 5.75 Å². The molecule has 1 N–H and O–H groups in total. The van der Waals surface area contributed by atoms with Crippen molar-refractivity contribution >= 4 is 5.91 Å². The van der Waals surface area contributed by atoms with Gasteiger partial charge in [-0.25, -0.2) is 0 Å². The number of carbonyl (C=O) groups is 1. The zero-order valence-electron chi connectivity index (χ0n) is 14.1. The van der Waals surface area contributed by atoms with Gasteiger partial charge in [0.15, 0.2) is 6.10 Å². The maximum Gasteiger partial charge on any atom is 0.260 e. The molecule has 0 spiro atoms. The van der Waals surface area contributed by atoms with E-state index in [2.05, 4.69) is 36.5 Å². The number of amides is 1. The van der Waals surface area contributed by atoms with E-state index in [1.807, 2.05) is 31.2 Å². The zero-order valence-corrected chi connectivity index (χ0v) is 14.1. The molecule has 0 unspecified atom stereocenters. The van der Waals surface area contributed by atoms with E-state index in [4.69, 9.17) is 4.74 Å². The predicted octanol–water partition coefficient (Wildman–Crippen LogP) is 3.82. The third kappa shape index (κ3) is 5.78. The second-order valence-corrected chi connectivity index (χ2v) is 5.95. The minimum Gasteiger partial charge on any atom is -0.481 e. The number of nitrogens with one attached hydrogen (secondary N) is 1. The van der Waals surface area contributed by atoms with Crippen molar-refractivity contribution in [2.75, 3.05) is 6.54 Å². The Morgan fingerprint density at radius 2 is 1.57 bits per heavy atom. The Morgan fingerprint density at radius 3 is 2.17 bits per heavy atom. The van der Waals surface area contributed by atoms with Crippen molar-refractivity contribution in [1.82, 2.24) is 5.32 Å². The summed E-state index contributed by atoms with van der Waals surface area (Å²) >= 11 is 0. The third-order valence-corrected chi connectivity index (χ3v) is 3.77. The average molecular weight is 311 g/mol. The van der Waals surface area contributed by atoms with Gasteiger partial charge in [0.25, 0.3) is 5.91 Å². The monoisotopic (exact) mass is 311 g/mol. The number of hydrogen-bond donors (Lipinski definition) is 1. The van der Waals surface area contributed by atoms with Crippen LogP contribution in [-0.2, 0) is 11.2 Å². The number of hydrogen-bond acceptors (Lipinski definition) is 2. The highest BCUT2D eigenvalue weighted by Gasteiger charge is 2.13. The van der Waals surface area contributed by atoms with Gasteiger partial charge in [-0.05, 0) is 51.3 Å². The molecule has 0 bridgehead atoms. The van der Waals surface area contributed by atoms with Crippen LogP contribution in [0, 0.1) is 13.8 Å². The molecule has 0 aromatic heterocycles. The van der Waals surface area contributed by atoms with E-state index in [1.165, 1.54) is 16.7 Å². The van der Waals surface area contributed by atoms with E-state index in [9.17, 15) is 4.79 Å². The molecule has 0 saturated carbocycles. The second kappa shape index (κ2) is 8.37. The average Bonchev–Trinajstić information content (AvgIpc) is 2.55. The Hall–Kier alpha value is -2.29. The molecule has 2 rings (SSSR count). The SMILES string of the molecule is Cc1ccc(CCCNC(=O)[C@@H](C)Oc2ccc(C)cc2)cc1. The van der Waals surface area contributed by atoms with Gasteiger partial charge in [-0.2, -0.15) is 0 Å². The predicted molar refractivity (Wildman–Crippen MR) is 93.8 cm³/mol. The first-order valence-corrected chi connectivity index (χ1v) is 8.11. The molecule has 0 aliphatic rings. The molecule has 0 saturated heterocycles. The van der Waals surface area contributed by atoms with E-state index in [0.717, 1.165) is 18.6 Å². The van der Waals surface area contributed by atoms with Crippen molar-refractivity contribution in [3.8, 4) is 5.75 Å². The number of ether oxygens (including phenoxy) is 1. The Morgan fingerprint density at radius 1 is 1.00 bits per heavy atom. The second-order valence-electron chi connectivity index (χ2n) is 5.95. The fourth-order valence-corrected chi connectivity index (χ4v) is 2.28. The molecule has 3 heteroatoms. The van der Waals surface area contributed by atoms with Crippen LogP contribution in [0.3, 0.4) is 0 Å². The minimum atomic E-state index is -0.489. The summed E-state index contributed by atoms with van der Waals surface area (Å²) in [7, 11) is 0. The summed E-state index contributed by atoms with van der Waals surface area (Å²) in [5, 5.41) is 2.93. The van der Waals surface area contributed by atoms with Crippen molar-refractivity contribution in [3.05, 3.63) is 65.2 Å². The van der Waals surface area contributed by atoms with Gasteiger partial charge in [0, 0.05) is 6.54 Å². The Kier molecular flexibility index (Phi) is 6.21. The summed E-state index contributed by atoms with van der Waals surface area (Å²) in [5.41, 5.74) is 3.74. The highest BCUT2D eigenvalue weighted by molar-refractivity contribution is 5.80. The lowest BCUT2D eigenvalue weighted by molar-refractivity contribution is -0.127. The normalized spacial score (nSPS) is 11.8. The fourth-order valence-electron chi connectivity index (χ4n) is 2.28. The van der Waals surface area contributed by atoms with Crippen molar-refractivity contribution in [2.45, 2.75) is 39.7 Å². The molecule has 2 aromatic rings. The molecule has 0 fully saturated rings.